The largest absolute Gasteiger partial charge is 0.496 e. The summed E-state index contributed by atoms with van der Waals surface area (Å²) < 4.78 is 31.0. The van der Waals surface area contributed by atoms with Gasteiger partial charge in [0.1, 0.15) is 5.75 Å². The van der Waals surface area contributed by atoms with Gasteiger partial charge in [-0.15, -0.1) is 0 Å². The third-order valence-corrected chi connectivity index (χ3v) is 3.00. The number of ether oxygens (including phenoxy) is 1. The lowest BCUT2D eigenvalue weighted by Crippen LogP contribution is -2.27. The summed E-state index contributed by atoms with van der Waals surface area (Å²) in [6.07, 6.45) is 0. The summed E-state index contributed by atoms with van der Waals surface area (Å²) in [6, 6.07) is 10.7. The molecule has 0 aliphatic heterocycles. The second-order valence-electron chi connectivity index (χ2n) is 4.59. The molecule has 6 heteroatoms. The molecule has 0 fully saturated rings. The molecule has 0 saturated heterocycles. The lowest BCUT2D eigenvalue weighted by Gasteiger charge is -2.10. The van der Waals surface area contributed by atoms with Gasteiger partial charge in [-0.1, -0.05) is 18.2 Å². The number of nitrogens with one attached hydrogen (secondary N) is 2. The fraction of sp³-hybridized carbons (Fsp3) is 0.188. The molecule has 2 N–H and O–H groups in total. The van der Waals surface area contributed by atoms with Crippen LogP contribution < -0.4 is 15.4 Å². The molecule has 0 unspecified atom stereocenters. The summed E-state index contributed by atoms with van der Waals surface area (Å²) in [7, 11) is 1.58. The number of hydrogen-bond donors (Lipinski definition) is 2. The van der Waals surface area contributed by atoms with Crippen LogP contribution in [-0.2, 0) is 11.3 Å². The van der Waals surface area contributed by atoms with E-state index in [1.54, 1.807) is 7.11 Å². The van der Waals surface area contributed by atoms with Crippen molar-refractivity contribution in [3.63, 3.8) is 0 Å². The number of benzene rings is 2. The minimum atomic E-state index is -1.00. The molecule has 0 radical (unpaired) electrons. The van der Waals surface area contributed by atoms with Crippen molar-refractivity contribution in [1.82, 2.24) is 5.32 Å². The van der Waals surface area contributed by atoms with Crippen LogP contribution in [0.3, 0.4) is 0 Å². The van der Waals surface area contributed by atoms with Gasteiger partial charge in [-0.05, 0) is 18.2 Å². The molecule has 22 heavy (non-hydrogen) atoms. The number of hydrogen-bond acceptors (Lipinski definition) is 3. The maximum absolute atomic E-state index is 13.0. The molecule has 0 atom stereocenters. The van der Waals surface area contributed by atoms with Crippen LogP contribution in [0.15, 0.2) is 42.5 Å². The Bertz CT molecular complexity index is 662. The Morgan fingerprint density at radius 2 is 1.91 bits per heavy atom. The van der Waals surface area contributed by atoms with E-state index in [9.17, 15) is 13.6 Å². The van der Waals surface area contributed by atoms with Crippen molar-refractivity contribution in [3.05, 3.63) is 59.7 Å². The molecule has 0 aliphatic carbocycles. The van der Waals surface area contributed by atoms with Gasteiger partial charge in [-0.2, -0.15) is 0 Å². The molecule has 1 amide bonds. The van der Waals surface area contributed by atoms with E-state index < -0.39 is 11.6 Å². The zero-order valence-corrected chi connectivity index (χ0v) is 12.0. The van der Waals surface area contributed by atoms with Gasteiger partial charge >= 0.3 is 0 Å². The topological polar surface area (TPSA) is 50.4 Å². The zero-order valence-electron chi connectivity index (χ0n) is 12.0. The highest BCUT2D eigenvalue weighted by molar-refractivity contribution is 5.92. The second-order valence-corrected chi connectivity index (χ2v) is 4.59. The molecule has 0 heterocycles. The molecule has 2 aromatic rings. The monoisotopic (exact) mass is 306 g/mol. The Morgan fingerprint density at radius 3 is 2.64 bits per heavy atom. The lowest BCUT2D eigenvalue weighted by molar-refractivity contribution is -0.115. The van der Waals surface area contributed by atoms with E-state index in [1.165, 1.54) is 6.07 Å². The van der Waals surface area contributed by atoms with E-state index in [4.69, 9.17) is 4.74 Å². The average Bonchev–Trinajstić information content (AvgIpc) is 2.51. The molecule has 0 bridgehead atoms. The van der Waals surface area contributed by atoms with Gasteiger partial charge in [0.2, 0.25) is 5.91 Å². The highest BCUT2D eigenvalue weighted by Gasteiger charge is 2.07. The van der Waals surface area contributed by atoms with Gasteiger partial charge in [-0.3, -0.25) is 4.79 Å². The molecule has 0 spiro atoms. The standard InChI is InChI=1S/C16H16F2N2O2/c1-22-15-5-3-2-4-11(15)9-19-10-16(21)20-12-6-7-13(17)14(18)8-12/h2-8,19H,9-10H2,1H3,(H,20,21). The number of rotatable bonds is 6. The highest BCUT2D eigenvalue weighted by atomic mass is 19.2. The molecule has 0 saturated carbocycles. The van der Waals surface area contributed by atoms with Crippen molar-refractivity contribution in [2.75, 3.05) is 19.0 Å². The summed E-state index contributed by atoms with van der Waals surface area (Å²) in [4.78, 5) is 11.7. The van der Waals surface area contributed by atoms with Crippen LogP contribution in [-0.4, -0.2) is 19.6 Å². The molecular formula is C16H16F2N2O2. The molecule has 0 aliphatic rings. The molecular weight excluding hydrogens is 290 g/mol. The Kier molecular flexibility index (Phi) is 5.43. The van der Waals surface area contributed by atoms with Crippen molar-refractivity contribution < 1.29 is 18.3 Å². The van der Waals surface area contributed by atoms with Crippen LogP contribution in [0.4, 0.5) is 14.5 Å². The van der Waals surface area contributed by atoms with Gasteiger partial charge in [0.05, 0.1) is 13.7 Å². The quantitative estimate of drug-likeness (QED) is 0.863. The number of halogens is 2. The lowest BCUT2D eigenvalue weighted by atomic mass is 10.2. The summed E-state index contributed by atoms with van der Waals surface area (Å²) >= 11 is 0. The van der Waals surface area contributed by atoms with E-state index >= 15 is 0 Å². The van der Waals surface area contributed by atoms with Crippen molar-refractivity contribution in [1.29, 1.82) is 0 Å². The maximum Gasteiger partial charge on any atom is 0.238 e. The van der Waals surface area contributed by atoms with Crippen LogP contribution in [0.1, 0.15) is 5.56 Å². The molecule has 116 valence electrons. The van der Waals surface area contributed by atoms with E-state index in [2.05, 4.69) is 10.6 Å². The van der Waals surface area contributed by atoms with Crippen LogP contribution in [0.5, 0.6) is 5.75 Å². The predicted octanol–water partition coefficient (Wildman–Crippen LogP) is 2.70. The molecule has 0 aromatic heterocycles. The van der Waals surface area contributed by atoms with E-state index in [0.29, 0.717) is 6.54 Å². The van der Waals surface area contributed by atoms with E-state index in [-0.39, 0.29) is 18.1 Å². The number of carbonyl (C=O) groups excluding carboxylic acids is 1. The van der Waals surface area contributed by atoms with E-state index in [1.807, 2.05) is 24.3 Å². The first kappa shape index (κ1) is 15.9. The first-order chi connectivity index (χ1) is 10.6. The van der Waals surface area contributed by atoms with Crippen LogP contribution in [0, 0.1) is 11.6 Å². The summed E-state index contributed by atoms with van der Waals surface area (Å²) in [5, 5.41) is 5.45. The number of amides is 1. The number of para-hydroxylation sites is 1. The van der Waals surface area contributed by atoms with Crippen LogP contribution in [0.25, 0.3) is 0 Å². The molecule has 2 aromatic carbocycles. The SMILES string of the molecule is COc1ccccc1CNCC(=O)Nc1ccc(F)c(F)c1. The molecule has 2 rings (SSSR count). The van der Waals surface area contributed by atoms with Gasteiger partial charge in [0, 0.05) is 23.9 Å². The van der Waals surface area contributed by atoms with Gasteiger partial charge in [0.15, 0.2) is 11.6 Å². The Morgan fingerprint density at radius 1 is 1.14 bits per heavy atom. The third-order valence-electron chi connectivity index (χ3n) is 3.00. The minimum Gasteiger partial charge on any atom is -0.496 e. The minimum absolute atomic E-state index is 0.0387. The van der Waals surface area contributed by atoms with Gasteiger partial charge in [-0.25, -0.2) is 8.78 Å². The number of methoxy groups -OCH3 is 1. The number of anilines is 1. The number of carbonyl (C=O) groups is 1. The summed E-state index contributed by atoms with van der Waals surface area (Å²) in [5.74, 6) is -1.57. The first-order valence-corrected chi connectivity index (χ1v) is 6.67. The first-order valence-electron chi connectivity index (χ1n) is 6.67. The Labute approximate surface area is 127 Å². The Hall–Kier alpha value is -2.47. The maximum atomic E-state index is 13.0. The van der Waals surface area contributed by atoms with Crippen molar-refractivity contribution in [2.24, 2.45) is 0 Å². The van der Waals surface area contributed by atoms with Gasteiger partial charge < -0.3 is 15.4 Å². The average molecular weight is 306 g/mol. The van der Waals surface area contributed by atoms with Crippen molar-refractivity contribution >= 4 is 11.6 Å². The van der Waals surface area contributed by atoms with Crippen LogP contribution in [0.2, 0.25) is 0 Å². The van der Waals surface area contributed by atoms with E-state index in [0.717, 1.165) is 23.4 Å². The summed E-state index contributed by atoms with van der Waals surface area (Å²) in [5.41, 5.74) is 1.13. The van der Waals surface area contributed by atoms with Gasteiger partial charge in [0.25, 0.3) is 0 Å². The Balaban J connectivity index is 1.84. The second kappa shape index (κ2) is 7.51. The predicted molar refractivity (Wildman–Crippen MR) is 79.7 cm³/mol. The van der Waals surface area contributed by atoms with Crippen LogP contribution >= 0.6 is 0 Å². The zero-order chi connectivity index (χ0) is 15.9. The van der Waals surface area contributed by atoms with Crippen molar-refractivity contribution in [3.8, 4) is 5.75 Å². The smallest absolute Gasteiger partial charge is 0.238 e. The highest BCUT2D eigenvalue weighted by Crippen LogP contribution is 2.16. The summed E-state index contributed by atoms with van der Waals surface area (Å²) in [6.45, 7) is 0.492. The third kappa shape index (κ3) is 4.26. The molecule has 4 nitrogen and oxygen atoms in total. The fourth-order valence-electron chi connectivity index (χ4n) is 1.94. The normalized spacial score (nSPS) is 10.3. The van der Waals surface area contributed by atoms with Crippen molar-refractivity contribution in [2.45, 2.75) is 6.54 Å². The fourth-order valence-corrected chi connectivity index (χ4v) is 1.94.